The summed E-state index contributed by atoms with van der Waals surface area (Å²) in [6, 6.07) is 6.19. The van der Waals surface area contributed by atoms with Crippen molar-refractivity contribution >= 4 is 23.2 Å². The summed E-state index contributed by atoms with van der Waals surface area (Å²) in [5.41, 5.74) is -0.508. The average Bonchev–Trinajstić information content (AvgIpc) is 2.82. The van der Waals surface area contributed by atoms with Crippen LogP contribution in [0.3, 0.4) is 0 Å². The van der Waals surface area contributed by atoms with Crippen LogP contribution in [0.25, 0.3) is 0 Å². The molecular weight excluding hydrogens is 264 g/mol. The number of halogens is 3. The van der Waals surface area contributed by atoms with Crippen molar-refractivity contribution < 1.29 is 18.0 Å². The highest BCUT2D eigenvalue weighted by molar-refractivity contribution is 6.16. The standard InChI is InChI=1S/C12H8ClF2NO2/c13-6-7-4-5-10(18-7)12(17)16-11-8(14)2-1-3-9(11)15/h1-5H,6H2,(H,16,17). The predicted molar refractivity (Wildman–Crippen MR) is 62.6 cm³/mol. The summed E-state index contributed by atoms with van der Waals surface area (Å²) in [5, 5.41) is 2.11. The van der Waals surface area contributed by atoms with Crippen molar-refractivity contribution in [3.05, 3.63) is 53.5 Å². The van der Waals surface area contributed by atoms with Gasteiger partial charge in [-0.1, -0.05) is 6.07 Å². The molecule has 0 unspecified atom stereocenters. The Hall–Kier alpha value is -1.88. The van der Waals surface area contributed by atoms with E-state index < -0.39 is 23.2 Å². The van der Waals surface area contributed by atoms with E-state index in [1.807, 2.05) is 0 Å². The Bertz CT molecular complexity index is 563. The number of carbonyl (C=O) groups excluding carboxylic acids is 1. The van der Waals surface area contributed by atoms with Gasteiger partial charge in [0, 0.05) is 0 Å². The first-order valence-electron chi connectivity index (χ1n) is 5.02. The Kier molecular flexibility index (Phi) is 3.62. The molecule has 0 bridgehead atoms. The zero-order valence-corrected chi connectivity index (χ0v) is 9.80. The van der Waals surface area contributed by atoms with Gasteiger partial charge in [-0.25, -0.2) is 8.78 Å². The molecular formula is C12H8ClF2NO2. The van der Waals surface area contributed by atoms with Gasteiger partial charge in [-0.2, -0.15) is 0 Å². The van der Waals surface area contributed by atoms with Crippen LogP contribution in [-0.4, -0.2) is 5.91 Å². The number of hydrogen-bond acceptors (Lipinski definition) is 2. The van der Waals surface area contributed by atoms with E-state index in [4.69, 9.17) is 16.0 Å². The van der Waals surface area contributed by atoms with Gasteiger partial charge >= 0.3 is 0 Å². The van der Waals surface area contributed by atoms with Crippen LogP contribution >= 0.6 is 11.6 Å². The van der Waals surface area contributed by atoms with E-state index in [0.29, 0.717) is 5.76 Å². The molecule has 0 fully saturated rings. The summed E-state index contributed by atoms with van der Waals surface area (Å²) in [5.74, 6) is -2.00. The zero-order chi connectivity index (χ0) is 13.1. The lowest BCUT2D eigenvalue weighted by atomic mass is 10.3. The molecule has 94 valence electrons. The fourth-order valence-electron chi connectivity index (χ4n) is 1.36. The second-order valence-corrected chi connectivity index (χ2v) is 3.72. The summed E-state index contributed by atoms with van der Waals surface area (Å²) in [7, 11) is 0. The van der Waals surface area contributed by atoms with Crippen LogP contribution in [0.4, 0.5) is 14.5 Å². The highest BCUT2D eigenvalue weighted by Gasteiger charge is 2.16. The Balaban J connectivity index is 2.21. The number of rotatable bonds is 3. The van der Waals surface area contributed by atoms with Crippen LogP contribution in [0.2, 0.25) is 0 Å². The molecule has 0 saturated heterocycles. The monoisotopic (exact) mass is 271 g/mol. The maximum atomic E-state index is 13.3. The molecule has 0 radical (unpaired) electrons. The zero-order valence-electron chi connectivity index (χ0n) is 9.04. The highest BCUT2D eigenvalue weighted by Crippen LogP contribution is 2.19. The lowest BCUT2D eigenvalue weighted by Crippen LogP contribution is -2.13. The number of furan rings is 1. The fourth-order valence-corrected chi connectivity index (χ4v) is 1.51. The Morgan fingerprint density at radius 2 is 1.89 bits per heavy atom. The average molecular weight is 272 g/mol. The van der Waals surface area contributed by atoms with Crippen LogP contribution < -0.4 is 5.32 Å². The molecule has 0 saturated carbocycles. The van der Waals surface area contributed by atoms with Gasteiger partial charge in [0.05, 0.1) is 5.88 Å². The number of hydrogen-bond donors (Lipinski definition) is 1. The van der Waals surface area contributed by atoms with E-state index in [1.165, 1.54) is 18.2 Å². The Morgan fingerprint density at radius 1 is 1.22 bits per heavy atom. The van der Waals surface area contributed by atoms with Gasteiger partial charge in [0.15, 0.2) is 5.76 Å². The van der Waals surface area contributed by atoms with Crippen molar-refractivity contribution in [3.8, 4) is 0 Å². The molecule has 1 N–H and O–H groups in total. The predicted octanol–water partition coefficient (Wildman–Crippen LogP) is 3.55. The molecule has 1 aromatic heterocycles. The third-order valence-corrected chi connectivity index (χ3v) is 2.48. The summed E-state index contributed by atoms with van der Waals surface area (Å²) < 4.78 is 31.6. The summed E-state index contributed by atoms with van der Waals surface area (Å²) in [6.07, 6.45) is 0. The van der Waals surface area contributed by atoms with Crippen molar-refractivity contribution in [1.82, 2.24) is 0 Å². The molecule has 3 nitrogen and oxygen atoms in total. The van der Waals surface area contributed by atoms with E-state index in [0.717, 1.165) is 12.1 Å². The topological polar surface area (TPSA) is 42.2 Å². The lowest BCUT2D eigenvalue weighted by Gasteiger charge is -2.05. The lowest BCUT2D eigenvalue weighted by molar-refractivity contribution is 0.0994. The first-order chi connectivity index (χ1) is 8.61. The molecule has 0 aliphatic carbocycles. The fraction of sp³-hybridized carbons (Fsp3) is 0.0833. The summed E-state index contributed by atoms with van der Waals surface area (Å²) in [4.78, 5) is 11.7. The van der Waals surface area contributed by atoms with Gasteiger partial charge < -0.3 is 9.73 Å². The third kappa shape index (κ3) is 2.51. The number of benzene rings is 1. The third-order valence-electron chi connectivity index (χ3n) is 2.22. The SMILES string of the molecule is O=C(Nc1c(F)cccc1F)c1ccc(CCl)o1. The summed E-state index contributed by atoms with van der Waals surface area (Å²) in [6.45, 7) is 0. The van der Waals surface area contributed by atoms with E-state index in [-0.39, 0.29) is 11.6 Å². The molecule has 1 aromatic carbocycles. The molecule has 2 aromatic rings. The van der Waals surface area contributed by atoms with Crippen molar-refractivity contribution in [3.63, 3.8) is 0 Å². The molecule has 1 heterocycles. The maximum absolute atomic E-state index is 13.3. The second-order valence-electron chi connectivity index (χ2n) is 3.45. The van der Waals surface area contributed by atoms with E-state index in [2.05, 4.69) is 5.32 Å². The number of anilines is 1. The minimum atomic E-state index is -0.854. The normalized spacial score (nSPS) is 10.4. The van der Waals surface area contributed by atoms with Crippen LogP contribution in [0.5, 0.6) is 0 Å². The highest BCUT2D eigenvalue weighted by atomic mass is 35.5. The van der Waals surface area contributed by atoms with Crippen molar-refractivity contribution in [1.29, 1.82) is 0 Å². The molecule has 6 heteroatoms. The van der Waals surface area contributed by atoms with E-state index >= 15 is 0 Å². The Morgan fingerprint density at radius 3 is 2.44 bits per heavy atom. The van der Waals surface area contributed by atoms with E-state index in [9.17, 15) is 13.6 Å². The molecule has 0 aliphatic rings. The molecule has 0 aliphatic heterocycles. The first kappa shape index (κ1) is 12.6. The number of amides is 1. The van der Waals surface area contributed by atoms with Crippen LogP contribution in [0.15, 0.2) is 34.7 Å². The van der Waals surface area contributed by atoms with Gasteiger partial charge in [-0.15, -0.1) is 11.6 Å². The molecule has 1 amide bonds. The van der Waals surface area contributed by atoms with Crippen LogP contribution in [-0.2, 0) is 5.88 Å². The summed E-state index contributed by atoms with van der Waals surface area (Å²) >= 11 is 5.51. The van der Waals surface area contributed by atoms with Gasteiger partial charge in [0.2, 0.25) is 0 Å². The number of nitrogens with one attached hydrogen (secondary N) is 1. The molecule has 2 rings (SSSR count). The van der Waals surface area contributed by atoms with Crippen molar-refractivity contribution in [2.24, 2.45) is 0 Å². The first-order valence-corrected chi connectivity index (χ1v) is 5.55. The number of carbonyl (C=O) groups is 1. The molecule has 0 atom stereocenters. The van der Waals surface area contributed by atoms with Gasteiger partial charge in [-0.05, 0) is 24.3 Å². The largest absolute Gasteiger partial charge is 0.455 e. The van der Waals surface area contributed by atoms with Gasteiger partial charge in [-0.3, -0.25) is 4.79 Å². The van der Waals surface area contributed by atoms with Crippen molar-refractivity contribution in [2.75, 3.05) is 5.32 Å². The molecule has 0 spiro atoms. The minimum Gasteiger partial charge on any atom is -0.455 e. The van der Waals surface area contributed by atoms with Crippen LogP contribution in [0, 0.1) is 11.6 Å². The van der Waals surface area contributed by atoms with Crippen molar-refractivity contribution in [2.45, 2.75) is 5.88 Å². The molecule has 18 heavy (non-hydrogen) atoms. The van der Waals surface area contributed by atoms with Gasteiger partial charge in [0.1, 0.15) is 23.1 Å². The quantitative estimate of drug-likeness (QED) is 0.868. The van der Waals surface area contributed by atoms with Crippen LogP contribution in [0.1, 0.15) is 16.3 Å². The number of para-hydroxylation sites is 1. The maximum Gasteiger partial charge on any atom is 0.291 e. The minimum absolute atomic E-state index is 0.0618. The Labute approximate surface area is 106 Å². The van der Waals surface area contributed by atoms with E-state index in [1.54, 1.807) is 0 Å². The smallest absolute Gasteiger partial charge is 0.291 e. The van der Waals surface area contributed by atoms with Gasteiger partial charge in [0.25, 0.3) is 5.91 Å². The number of alkyl halides is 1. The second kappa shape index (κ2) is 5.18.